The topological polar surface area (TPSA) is 18.5 Å². The third-order valence-electron chi connectivity index (χ3n) is 2.93. The van der Waals surface area contributed by atoms with Crippen LogP contribution in [-0.2, 0) is 0 Å². The first-order valence-corrected chi connectivity index (χ1v) is 5.78. The number of rotatable bonds is 4. The van der Waals surface area contributed by atoms with E-state index in [4.69, 9.17) is 0 Å². The predicted octanol–water partition coefficient (Wildman–Crippen LogP) is 0.479. The van der Waals surface area contributed by atoms with Gasteiger partial charge >= 0.3 is 0 Å². The molecule has 0 aromatic carbocycles. The Morgan fingerprint density at radius 1 is 1.21 bits per heavy atom. The molecule has 0 aromatic rings. The molecule has 3 heteroatoms. The summed E-state index contributed by atoms with van der Waals surface area (Å²) in [6, 6.07) is 0. The Morgan fingerprint density at radius 3 is 2.71 bits per heavy atom. The van der Waals surface area contributed by atoms with E-state index in [0.29, 0.717) is 0 Å². The highest BCUT2D eigenvalue weighted by atomic mass is 15.2. The Labute approximate surface area is 88.5 Å². The smallest absolute Gasteiger partial charge is 0.0109 e. The average Bonchev–Trinajstić information content (AvgIpc) is 2.32. The molecule has 0 radical (unpaired) electrons. The molecule has 1 aliphatic rings. The zero-order chi connectivity index (χ0) is 10.4. The SMILES string of the molecule is CNCC(C)CN1CCCN(C)CC1. The normalized spacial score (nSPS) is 23.4. The minimum absolute atomic E-state index is 0.767. The number of hydrogen-bond acceptors (Lipinski definition) is 3. The van der Waals surface area contributed by atoms with E-state index in [1.165, 1.54) is 39.1 Å². The third kappa shape index (κ3) is 4.40. The fourth-order valence-corrected chi connectivity index (χ4v) is 2.14. The first-order chi connectivity index (χ1) is 6.72. The summed E-state index contributed by atoms with van der Waals surface area (Å²) in [7, 11) is 4.26. The maximum absolute atomic E-state index is 3.24. The van der Waals surface area contributed by atoms with Crippen molar-refractivity contribution in [3.63, 3.8) is 0 Å². The molecule has 84 valence electrons. The zero-order valence-electron chi connectivity index (χ0n) is 9.92. The van der Waals surface area contributed by atoms with Crippen LogP contribution in [0.3, 0.4) is 0 Å². The van der Waals surface area contributed by atoms with Crippen molar-refractivity contribution >= 4 is 0 Å². The molecule has 14 heavy (non-hydrogen) atoms. The van der Waals surface area contributed by atoms with Gasteiger partial charge in [0.05, 0.1) is 0 Å². The van der Waals surface area contributed by atoms with E-state index in [9.17, 15) is 0 Å². The van der Waals surface area contributed by atoms with Crippen molar-refractivity contribution in [1.82, 2.24) is 15.1 Å². The Morgan fingerprint density at radius 2 is 2.00 bits per heavy atom. The lowest BCUT2D eigenvalue weighted by Gasteiger charge is -2.23. The number of nitrogens with zero attached hydrogens (tertiary/aromatic N) is 2. The van der Waals surface area contributed by atoms with E-state index < -0.39 is 0 Å². The number of hydrogen-bond donors (Lipinski definition) is 1. The first kappa shape index (κ1) is 12.0. The first-order valence-electron chi connectivity index (χ1n) is 5.78. The molecule has 3 nitrogen and oxygen atoms in total. The lowest BCUT2D eigenvalue weighted by atomic mass is 10.1. The van der Waals surface area contributed by atoms with E-state index in [-0.39, 0.29) is 0 Å². The molecule has 1 unspecified atom stereocenters. The number of likely N-dealkylation sites (N-methyl/N-ethyl adjacent to an activating group) is 1. The van der Waals surface area contributed by atoms with Gasteiger partial charge in [-0.1, -0.05) is 6.92 Å². The molecule has 0 aliphatic carbocycles. The van der Waals surface area contributed by atoms with E-state index in [1.54, 1.807) is 0 Å². The minimum Gasteiger partial charge on any atom is -0.319 e. The van der Waals surface area contributed by atoms with Crippen molar-refractivity contribution in [3.05, 3.63) is 0 Å². The molecular formula is C11H25N3. The molecule has 1 rings (SSSR count). The molecule has 0 bridgehead atoms. The molecule has 1 atom stereocenters. The van der Waals surface area contributed by atoms with Crippen molar-refractivity contribution in [3.8, 4) is 0 Å². The molecule has 0 spiro atoms. The monoisotopic (exact) mass is 199 g/mol. The van der Waals surface area contributed by atoms with E-state index >= 15 is 0 Å². The van der Waals surface area contributed by atoms with E-state index in [0.717, 1.165) is 12.5 Å². The second-order valence-electron chi connectivity index (χ2n) is 4.62. The largest absolute Gasteiger partial charge is 0.319 e. The van der Waals surface area contributed by atoms with E-state index in [1.807, 2.05) is 7.05 Å². The molecule has 1 heterocycles. The molecule has 1 saturated heterocycles. The summed E-state index contributed by atoms with van der Waals surface area (Å²) in [4.78, 5) is 5.04. The van der Waals surface area contributed by atoms with Gasteiger partial charge in [-0.05, 0) is 46.1 Å². The van der Waals surface area contributed by atoms with Crippen LogP contribution in [0.5, 0.6) is 0 Å². The van der Waals surface area contributed by atoms with Gasteiger partial charge in [0.1, 0.15) is 0 Å². The summed E-state index contributed by atoms with van der Waals surface area (Å²) in [5, 5.41) is 3.24. The van der Waals surface area contributed by atoms with Crippen LogP contribution < -0.4 is 5.32 Å². The van der Waals surface area contributed by atoms with Crippen LogP contribution in [0.4, 0.5) is 0 Å². The van der Waals surface area contributed by atoms with Crippen molar-refractivity contribution in [2.24, 2.45) is 5.92 Å². The van der Waals surface area contributed by atoms with Crippen molar-refractivity contribution in [2.75, 3.05) is 53.4 Å². The maximum Gasteiger partial charge on any atom is 0.0109 e. The lowest BCUT2D eigenvalue weighted by molar-refractivity contribution is 0.241. The van der Waals surface area contributed by atoms with Crippen molar-refractivity contribution in [1.29, 1.82) is 0 Å². The highest BCUT2D eigenvalue weighted by Crippen LogP contribution is 2.04. The van der Waals surface area contributed by atoms with Crippen LogP contribution in [0, 0.1) is 5.92 Å². The van der Waals surface area contributed by atoms with Gasteiger partial charge in [0.15, 0.2) is 0 Å². The number of nitrogens with one attached hydrogen (secondary N) is 1. The molecule has 1 fully saturated rings. The van der Waals surface area contributed by atoms with Gasteiger partial charge in [-0.25, -0.2) is 0 Å². The molecule has 1 N–H and O–H groups in total. The summed E-state index contributed by atoms with van der Waals surface area (Å²) in [6.45, 7) is 9.71. The molecular weight excluding hydrogens is 174 g/mol. The second-order valence-corrected chi connectivity index (χ2v) is 4.62. The summed E-state index contributed by atoms with van der Waals surface area (Å²) in [6.07, 6.45) is 1.32. The Balaban J connectivity index is 2.22. The average molecular weight is 199 g/mol. The fourth-order valence-electron chi connectivity index (χ4n) is 2.14. The quantitative estimate of drug-likeness (QED) is 0.710. The van der Waals surface area contributed by atoms with Crippen LogP contribution in [0.2, 0.25) is 0 Å². The summed E-state index contributed by atoms with van der Waals surface area (Å²) >= 11 is 0. The lowest BCUT2D eigenvalue weighted by Crippen LogP contribution is -2.35. The molecule has 1 aliphatic heterocycles. The summed E-state index contributed by atoms with van der Waals surface area (Å²) in [5.74, 6) is 0.767. The van der Waals surface area contributed by atoms with Crippen LogP contribution in [0.25, 0.3) is 0 Å². The van der Waals surface area contributed by atoms with Crippen LogP contribution in [0.1, 0.15) is 13.3 Å². The van der Waals surface area contributed by atoms with Gasteiger partial charge in [0, 0.05) is 19.6 Å². The van der Waals surface area contributed by atoms with Gasteiger partial charge in [-0.3, -0.25) is 0 Å². The van der Waals surface area contributed by atoms with Crippen LogP contribution in [-0.4, -0.2) is 63.2 Å². The van der Waals surface area contributed by atoms with Gasteiger partial charge in [-0.15, -0.1) is 0 Å². The Hall–Kier alpha value is -0.120. The summed E-state index contributed by atoms with van der Waals surface area (Å²) < 4.78 is 0. The minimum atomic E-state index is 0.767. The van der Waals surface area contributed by atoms with Gasteiger partial charge < -0.3 is 15.1 Å². The predicted molar refractivity (Wildman–Crippen MR) is 61.6 cm³/mol. The van der Waals surface area contributed by atoms with Crippen LogP contribution in [0.15, 0.2) is 0 Å². The zero-order valence-corrected chi connectivity index (χ0v) is 9.92. The van der Waals surface area contributed by atoms with Crippen molar-refractivity contribution < 1.29 is 0 Å². The highest BCUT2D eigenvalue weighted by molar-refractivity contribution is 4.69. The van der Waals surface area contributed by atoms with Gasteiger partial charge in [0.2, 0.25) is 0 Å². The van der Waals surface area contributed by atoms with Crippen molar-refractivity contribution in [2.45, 2.75) is 13.3 Å². The summed E-state index contributed by atoms with van der Waals surface area (Å²) in [5.41, 5.74) is 0. The van der Waals surface area contributed by atoms with Gasteiger partial charge in [-0.2, -0.15) is 0 Å². The molecule has 0 aromatic heterocycles. The third-order valence-corrected chi connectivity index (χ3v) is 2.93. The maximum atomic E-state index is 3.24. The van der Waals surface area contributed by atoms with E-state index in [2.05, 4.69) is 29.1 Å². The Bertz CT molecular complexity index is 149. The Kier molecular flexibility index (Phi) is 5.45. The van der Waals surface area contributed by atoms with Crippen LogP contribution >= 0.6 is 0 Å². The fraction of sp³-hybridized carbons (Fsp3) is 1.00. The highest BCUT2D eigenvalue weighted by Gasteiger charge is 2.13. The second kappa shape index (κ2) is 6.38. The van der Waals surface area contributed by atoms with Gasteiger partial charge in [0.25, 0.3) is 0 Å². The molecule has 0 saturated carbocycles. The standard InChI is InChI=1S/C11H25N3/c1-11(9-12-2)10-14-6-4-5-13(3)7-8-14/h11-12H,4-10H2,1-3H3. The molecule has 0 amide bonds.